The van der Waals surface area contributed by atoms with Gasteiger partial charge in [-0.3, -0.25) is 9.97 Å². The van der Waals surface area contributed by atoms with Gasteiger partial charge < -0.3 is 5.11 Å². The monoisotopic (exact) mass is 898 g/mol. The Labute approximate surface area is 288 Å². The first-order chi connectivity index (χ1) is 22.7. The zero-order valence-corrected chi connectivity index (χ0v) is 26.9. The van der Waals surface area contributed by atoms with Crippen LogP contribution in [0.2, 0.25) is 0 Å². The molecule has 5 aromatic rings. The molecule has 2 aromatic carbocycles. The van der Waals surface area contributed by atoms with Crippen molar-refractivity contribution in [1.29, 1.82) is 0 Å². The van der Waals surface area contributed by atoms with Crippen molar-refractivity contribution >= 4 is 5.97 Å². The number of halogens is 12. The zero-order chi connectivity index (χ0) is 36.6. The van der Waals surface area contributed by atoms with Crippen molar-refractivity contribution in [2.24, 2.45) is 0 Å². The summed E-state index contributed by atoms with van der Waals surface area (Å²) >= 11 is 0. The van der Waals surface area contributed by atoms with Gasteiger partial charge in [0.15, 0.2) is 0 Å². The summed E-state index contributed by atoms with van der Waals surface area (Å²) in [5.41, 5.74) is -5.70. The zero-order valence-electron chi connectivity index (χ0n) is 24.5. The van der Waals surface area contributed by atoms with Crippen molar-refractivity contribution in [2.75, 3.05) is 0 Å². The predicted octanol–water partition coefficient (Wildman–Crippen LogP) is 10.3. The second kappa shape index (κ2) is 16.7. The van der Waals surface area contributed by atoms with E-state index >= 15 is 0 Å². The maximum Gasteiger partial charge on any atom is 3.00 e. The van der Waals surface area contributed by atoms with Crippen LogP contribution in [0.1, 0.15) is 32.7 Å². The molecule has 0 fully saturated rings. The fraction of sp³-hybridized carbons (Fsp3) is 0.125. The first kappa shape index (κ1) is 41.3. The van der Waals surface area contributed by atoms with Crippen LogP contribution in [0.25, 0.3) is 22.5 Å². The molecule has 18 heteroatoms. The van der Waals surface area contributed by atoms with Gasteiger partial charge in [-0.2, -0.15) is 52.7 Å². The van der Waals surface area contributed by atoms with Gasteiger partial charge in [0.2, 0.25) is 0 Å². The van der Waals surface area contributed by atoms with Crippen LogP contribution in [0.15, 0.2) is 110 Å². The molecule has 0 aliphatic rings. The number of carboxylic acids is 1. The molecule has 0 radical (unpaired) electrons. The summed E-state index contributed by atoms with van der Waals surface area (Å²) in [6.07, 6.45) is -15.4. The van der Waals surface area contributed by atoms with Crippen molar-refractivity contribution in [3.05, 3.63) is 138 Å². The van der Waals surface area contributed by atoms with Gasteiger partial charge in [0.05, 0.1) is 33.6 Å². The number of hydrogen-bond donors (Lipinski definition) is 1. The summed E-state index contributed by atoms with van der Waals surface area (Å²) in [7, 11) is 0. The van der Waals surface area contributed by atoms with Crippen molar-refractivity contribution in [2.45, 2.75) is 24.7 Å². The molecule has 0 aliphatic carbocycles. The quantitative estimate of drug-likeness (QED) is 0.183. The molecule has 0 saturated heterocycles. The van der Waals surface area contributed by atoms with E-state index in [1.54, 1.807) is 12.1 Å². The number of alkyl halides is 12. The molecule has 0 aliphatic heterocycles. The summed E-state index contributed by atoms with van der Waals surface area (Å²) < 4.78 is 152. The van der Waals surface area contributed by atoms with E-state index < -0.39 is 52.9 Å². The largest absolute Gasteiger partial charge is 3.00 e. The number of aromatic nitrogens is 3. The molecule has 0 unspecified atom stereocenters. The fourth-order valence-corrected chi connectivity index (χ4v) is 3.76. The third-order valence-corrected chi connectivity index (χ3v) is 5.98. The first-order valence-electron chi connectivity index (χ1n) is 13.2. The van der Waals surface area contributed by atoms with Gasteiger partial charge in [-0.25, -0.2) is 9.78 Å². The standard InChI is InChI=1S/2C13H7F6N.C6H5NO2.Ir/c2*14-12(15,16)9-5-8(11-3-1-2-4-20-11)6-10(7-9)13(17,18)19;8-6(9)5-3-1-2-4-7-5;/h2*1-7H;1-4H,(H,8,9);/q;;;+3. The van der Waals surface area contributed by atoms with E-state index in [2.05, 4.69) is 15.0 Å². The third kappa shape index (κ3) is 12.2. The molecule has 5 nitrogen and oxygen atoms in total. The number of rotatable bonds is 3. The summed E-state index contributed by atoms with van der Waals surface area (Å²) in [6, 6.07) is 16.2. The van der Waals surface area contributed by atoms with Crippen molar-refractivity contribution in [1.82, 2.24) is 15.0 Å². The van der Waals surface area contributed by atoms with Gasteiger partial charge in [-0.15, -0.1) is 0 Å². The normalized spacial score (nSPS) is 11.6. The minimum Gasteiger partial charge on any atom is -0.477 e. The smallest absolute Gasteiger partial charge is 0.477 e. The van der Waals surface area contributed by atoms with Crippen LogP contribution in [-0.2, 0) is 44.8 Å². The van der Waals surface area contributed by atoms with E-state index in [4.69, 9.17) is 5.11 Å². The van der Waals surface area contributed by atoms with Crippen LogP contribution in [0.4, 0.5) is 52.7 Å². The molecule has 1 N–H and O–H groups in total. The molecule has 0 amide bonds. The molecule has 5 rings (SSSR count). The van der Waals surface area contributed by atoms with Gasteiger partial charge in [0.1, 0.15) is 5.69 Å². The fourth-order valence-electron chi connectivity index (χ4n) is 3.76. The van der Waals surface area contributed by atoms with E-state index in [0.717, 1.165) is 0 Å². The van der Waals surface area contributed by atoms with Crippen LogP contribution in [-0.4, -0.2) is 26.0 Å². The molecule has 0 saturated carbocycles. The summed E-state index contributed by atoms with van der Waals surface area (Å²) in [4.78, 5) is 21.2. The topological polar surface area (TPSA) is 76.0 Å². The number of nitrogens with zero attached hydrogens (tertiary/aromatic N) is 3. The summed E-state index contributed by atoms with van der Waals surface area (Å²) in [5, 5.41) is 8.32. The number of aromatic carboxylic acids is 1. The first-order valence-corrected chi connectivity index (χ1v) is 13.2. The van der Waals surface area contributed by atoms with E-state index in [-0.39, 0.29) is 60.4 Å². The van der Waals surface area contributed by atoms with E-state index in [1.807, 2.05) is 0 Å². The second-order valence-corrected chi connectivity index (χ2v) is 9.54. The Morgan fingerprint density at radius 2 is 0.760 bits per heavy atom. The molecular weight excluding hydrogens is 879 g/mol. The molecule has 3 aromatic heterocycles. The van der Waals surface area contributed by atoms with Crippen molar-refractivity contribution < 1.29 is 82.7 Å². The van der Waals surface area contributed by atoms with Gasteiger partial charge in [-0.1, -0.05) is 18.2 Å². The third-order valence-electron chi connectivity index (χ3n) is 5.98. The molecule has 3 heterocycles. The van der Waals surface area contributed by atoms with E-state index in [1.165, 1.54) is 61.1 Å². The Morgan fingerprint density at radius 3 is 0.960 bits per heavy atom. The van der Waals surface area contributed by atoms with Crippen LogP contribution >= 0.6 is 0 Å². The number of carboxylic acid groups (broad SMARTS) is 1. The number of pyridine rings is 3. The Bertz CT molecular complexity index is 1660. The maximum atomic E-state index is 12.7. The van der Waals surface area contributed by atoms with Gasteiger partial charge >= 0.3 is 50.8 Å². The molecule has 50 heavy (non-hydrogen) atoms. The molecule has 264 valence electrons. The van der Waals surface area contributed by atoms with Gasteiger partial charge in [0.25, 0.3) is 0 Å². The maximum absolute atomic E-state index is 12.7. The van der Waals surface area contributed by atoms with Gasteiger partial charge in [0, 0.05) is 29.7 Å². The minimum absolute atomic E-state index is 0. The van der Waals surface area contributed by atoms with Crippen LogP contribution in [0.3, 0.4) is 0 Å². The number of carbonyl (C=O) groups is 1. The second-order valence-electron chi connectivity index (χ2n) is 9.54. The summed E-state index contributed by atoms with van der Waals surface area (Å²) in [6.45, 7) is 0. The van der Waals surface area contributed by atoms with Crippen LogP contribution in [0, 0.1) is 0 Å². The van der Waals surface area contributed by atoms with Crippen molar-refractivity contribution in [3.8, 4) is 22.5 Å². The van der Waals surface area contributed by atoms with E-state index in [9.17, 15) is 57.5 Å². The van der Waals surface area contributed by atoms with E-state index in [0.29, 0.717) is 24.3 Å². The molecule has 0 atom stereocenters. The Kier molecular flexibility index (Phi) is 13.8. The van der Waals surface area contributed by atoms with Gasteiger partial charge in [-0.05, 0) is 72.8 Å². The summed E-state index contributed by atoms with van der Waals surface area (Å²) in [5.74, 6) is -0.990. The average molecular weight is 898 g/mol. The number of benzene rings is 2. The molecular formula is C32H19F12IrN3O2+3. The SMILES string of the molecule is FC(F)(F)c1cc(-c2ccccn2)cc(C(F)(F)F)c1.FC(F)(F)c1cc(-c2ccccn2)cc(C(F)(F)F)c1.O=C(O)c1ccccn1.[Ir+3]. The predicted molar refractivity (Wildman–Crippen MR) is 151 cm³/mol. The average Bonchev–Trinajstić information content (AvgIpc) is 3.04. The van der Waals surface area contributed by atoms with Crippen molar-refractivity contribution in [3.63, 3.8) is 0 Å². The number of hydrogen-bond acceptors (Lipinski definition) is 4. The Hall–Kier alpha value is -4.83. The molecule has 0 spiro atoms. The van der Waals surface area contributed by atoms with Crippen LogP contribution in [0.5, 0.6) is 0 Å². The van der Waals surface area contributed by atoms with Crippen LogP contribution < -0.4 is 0 Å². The Balaban J connectivity index is 0.000000275. The minimum atomic E-state index is -4.86. The molecule has 0 bridgehead atoms. The Morgan fingerprint density at radius 1 is 0.460 bits per heavy atom.